The molecule has 2 heterocycles. The number of benzene rings is 1. The molecule has 2 aromatic heterocycles. The summed E-state index contributed by atoms with van der Waals surface area (Å²) in [6.07, 6.45) is 5.62. The lowest BCUT2D eigenvalue weighted by molar-refractivity contribution is -0.119. The molecule has 1 fully saturated rings. The molecule has 0 spiro atoms. The maximum Gasteiger partial charge on any atom is 0.269 e. The van der Waals surface area contributed by atoms with Crippen LogP contribution in [0.2, 0.25) is 0 Å². The highest BCUT2D eigenvalue weighted by Gasteiger charge is 2.23. The fraction of sp³-hybridized carbons (Fsp3) is 0.364. The van der Waals surface area contributed by atoms with Crippen molar-refractivity contribution in [2.24, 2.45) is 0 Å². The van der Waals surface area contributed by atoms with Gasteiger partial charge in [-0.15, -0.1) is 0 Å². The monoisotopic (exact) mass is 439 g/mol. The van der Waals surface area contributed by atoms with Gasteiger partial charge in [0.2, 0.25) is 5.91 Å². The smallest absolute Gasteiger partial charge is 0.269 e. The third-order valence-corrected chi connectivity index (χ3v) is 6.15. The number of carbonyl (C=O) groups excluding carboxylic acids is 2. The van der Waals surface area contributed by atoms with Crippen molar-refractivity contribution in [3.8, 4) is 11.5 Å². The number of hydrogen-bond acceptors (Lipinski definition) is 7. The number of nitrogens with zero attached hydrogens (tertiary/aromatic N) is 2. The van der Waals surface area contributed by atoms with E-state index in [-0.39, 0.29) is 17.9 Å². The Morgan fingerprint density at radius 2 is 1.94 bits per heavy atom. The molecule has 1 aliphatic rings. The van der Waals surface area contributed by atoms with E-state index in [1.807, 2.05) is 18.2 Å². The van der Waals surface area contributed by atoms with Gasteiger partial charge in [-0.25, -0.2) is 4.98 Å². The minimum Gasteiger partial charge on any atom is -0.457 e. The van der Waals surface area contributed by atoms with Crippen molar-refractivity contribution >= 4 is 38.5 Å². The van der Waals surface area contributed by atoms with Crippen molar-refractivity contribution in [1.29, 1.82) is 0 Å². The molecular weight excluding hydrogens is 414 g/mol. The van der Waals surface area contributed by atoms with E-state index in [0.29, 0.717) is 23.2 Å². The van der Waals surface area contributed by atoms with E-state index >= 15 is 0 Å². The largest absolute Gasteiger partial charge is 0.457 e. The number of hydrogen-bond donors (Lipinski definition) is 3. The Balaban J connectivity index is 1.45. The van der Waals surface area contributed by atoms with E-state index < -0.39 is 0 Å². The minimum atomic E-state index is -0.262. The number of pyridine rings is 1. The predicted molar refractivity (Wildman–Crippen MR) is 121 cm³/mol. The SMILES string of the molecule is CNC(=O)c1cc(Oc2ccc3nc(NC4CCCC(NC(C)=O)C4)sc3c2)ccn1. The average molecular weight is 440 g/mol. The van der Waals surface area contributed by atoms with Gasteiger partial charge >= 0.3 is 0 Å². The van der Waals surface area contributed by atoms with E-state index in [2.05, 4.69) is 20.9 Å². The Morgan fingerprint density at radius 3 is 2.74 bits per heavy atom. The van der Waals surface area contributed by atoms with Gasteiger partial charge in [0.25, 0.3) is 5.91 Å². The van der Waals surface area contributed by atoms with Crippen LogP contribution >= 0.6 is 11.3 Å². The fourth-order valence-electron chi connectivity index (χ4n) is 3.81. The second-order valence-electron chi connectivity index (χ2n) is 7.61. The summed E-state index contributed by atoms with van der Waals surface area (Å²) in [5.41, 5.74) is 1.20. The van der Waals surface area contributed by atoms with Gasteiger partial charge in [-0.2, -0.15) is 0 Å². The summed E-state index contributed by atoms with van der Waals surface area (Å²) in [5.74, 6) is 0.972. The van der Waals surface area contributed by atoms with Crippen LogP contribution in [-0.4, -0.2) is 40.9 Å². The number of fused-ring (bicyclic) bond motifs is 1. The molecule has 2 amide bonds. The van der Waals surface area contributed by atoms with Crippen molar-refractivity contribution in [1.82, 2.24) is 20.6 Å². The summed E-state index contributed by atoms with van der Waals surface area (Å²) in [4.78, 5) is 31.9. The second kappa shape index (κ2) is 9.30. The van der Waals surface area contributed by atoms with Crippen molar-refractivity contribution < 1.29 is 14.3 Å². The Morgan fingerprint density at radius 1 is 1.13 bits per heavy atom. The Bertz CT molecular complexity index is 1100. The van der Waals surface area contributed by atoms with Gasteiger partial charge < -0.3 is 20.7 Å². The summed E-state index contributed by atoms with van der Waals surface area (Å²) in [6.45, 7) is 1.57. The number of thiazole rings is 1. The number of anilines is 1. The van der Waals surface area contributed by atoms with E-state index in [0.717, 1.165) is 41.0 Å². The molecule has 0 aliphatic heterocycles. The first-order chi connectivity index (χ1) is 15.0. The average Bonchev–Trinajstić information content (AvgIpc) is 3.14. The van der Waals surface area contributed by atoms with Gasteiger partial charge in [-0.1, -0.05) is 11.3 Å². The van der Waals surface area contributed by atoms with Crippen molar-refractivity contribution in [2.75, 3.05) is 12.4 Å². The van der Waals surface area contributed by atoms with E-state index in [4.69, 9.17) is 9.72 Å². The van der Waals surface area contributed by atoms with Crippen LogP contribution in [0.1, 0.15) is 43.1 Å². The summed E-state index contributed by atoms with van der Waals surface area (Å²) in [7, 11) is 1.56. The van der Waals surface area contributed by atoms with E-state index in [1.165, 1.54) is 0 Å². The molecule has 4 rings (SSSR count). The van der Waals surface area contributed by atoms with Crippen LogP contribution in [0.5, 0.6) is 11.5 Å². The predicted octanol–water partition coefficient (Wildman–Crippen LogP) is 3.70. The first kappa shape index (κ1) is 21.0. The molecule has 8 nitrogen and oxygen atoms in total. The summed E-state index contributed by atoms with van der Waals surface area (Å²) < 4.78 is 6.94. The lowest BCUT2D eigenvalue weighted by atomic mass is 9.91. The van der Waals surface area contributed by atoms with Gasteiger partial charge in [0, 0.05) is 44.4 Å². The maximum atomic E-state index is 11.8. The molecule has 3 aromatic rings. The zero-order valence-corrected chi connectivity index (χ0v) is 18.3. The lowest BCUT2D eigenvalue weighted by Crippen LogP contribution is -2.40. The third-order valence-electron chi connectivity index (χ3n) is 5.20. The first-order valence-corrected chi connectivity index (χ1v) is 11.1. The zero-order chi connectivity index (χ0) is 21.8. The second-order valence-corrected chi connectivity index (χ2v) is 8.64. The van der Waals surface area contributed by atoms with Crippen LogP contribution in [0.4, 0.5) is 5.13 Å². The number of rotatable bonds is 6. The fourth-order valence-corrected chi connectivity index (χ4v) is 4.78. The highest BCUT2D eigenvalue weighted by Crippen LogP contribution is 2.33. The minimum absolute atomic E-state index is 0.0230. The van der Waals surface area contributed by atoms with Crippen LogP contribution < -0.4 is 20.7 Å². The van der Waals surface area contributed by atoms with Crippen molar-refractivity contribution in [3.63, 3.8) is 0 Å². The molecule has 0 saturated heterocycles. The van der Waals surface area contributed by atoms with Gasteiger partial charge in [-0.3, -0.25) is 14.6 Å². The van der Waals surface area contributed by atoms with Crippen LogP contribution in [0.3, 0.4) is 0 Å². The zero-order valence-electron chi connectivity index (χ0n) is 17.5. The molecular formula is C22H25N5O3S. The Labute approximate surface area is 184 Å². The van der Waals surface area contributed by atoms with E-state index in [9.17, 15) is 9.59 Å². The standard InChI is InChI=1S/C22H25N5O3S/c1-13(28)25-14-4-3-5-15(10-14)26-22-27-18-7-6-16(12-20(18)31-22)30-17-8-9-24-19(11-17)21(29)23-2/h6-9,11-12,14-15H,3-5,10H2,1-2H3,(H,23,29)(H,25,28)(H,26,27). The topological polar surface area (TPSA) is 105 Å². The highest BCUT2D eigenvalue weighted by atomic mass is 32.1. The maximum absolute atomic E-state index is 11.8. The number of carbonyl (C=O) groups is 2. The molecule has 9 heteroatoms. The van der Waals surface area contributed by atoms with Crippen molar-refractivity contribution in [2.45, 2.75) is 44.7 Å². The van der Waals surface area contributed by atoms with E-state index in [1.54, 1.807) is 43.6 Å². The Hall–Kier alpha value is -3.20. The molecule has 2 atom stereocenters. The summed E-state index contributed by atoms with van der Waals surface area (Å²) >= 11 is 1.58. The molecule has 3 N–H and O–H groups in total. The quantitative estimate of drug-likeness (QED) is 0.541. The van der Waals surface area contributed by atoms with Crippen LogP contribution in [0.25, 0.3) is 10.2 Å². The van der Waals surface area contributed by atoms with Crippen LogP contribution in [0.15, 0.2) is 36.5 Å². The molecule has 1 aromatic carbocycles. The van der Waals surface area contributed by atoms with Crippen LogP contribution in [0, 0.1) is 0 Å². The van der Waals surface area contributed by atoms with Crippen molar-refractivity contribution in [3.05, 3.63) is 42.2 Å². The molecule has 162 valence electrons. The molecule has 0 radical (unpaired) electrons. The Kier molecular flexibility index (Phi) is 6.31. The number of aromatic nitrogens is 2. The normalized spacial score (nSPS) is 18.4. The summed E-state index contributed by atoms with van der Waals surface area (Å²) in [5, 5.41) is 9.98. The van der Waals surface area contributed by atoms with Gasteiger partial charge in [0.15, 0.2) is 5.13 Å². The number of nitrogens with one attached hydrogen (secondary N) is 3. The highest BCUT2D eigenvalue weighted by molar-refractivity contribution is 7.22. The van der Waals surface area contributed by atoms with Crippen LogP contribution in [-0.2, 0) is 4.79 Å². The van der Waals surface area contributed by atoms with Gasteiger partial charge in [-0.05, 0) is 43.9 Å². The van der Waals surface area contributed by atoms with Gasteiger partial charge in [0.1, 0.15) is 17.2 Å². The summed E-state index contributed by atoms with van der Waals surface area (Å²) in [6, 6.07) is 9.56. The van der Waals surface area contributed by atoms with Gasteiger partial charge in [0.05, 0.1) is 10.2 Å². The number of ether oxygens (including phenoxy) is 1. The molecule has 1 aliphatic carbocycles. The molecule has 2 unspecified atom stereocenters. The first-order valence-electron chi connectivity index (χ1n) is 10.3. The number of amides is 2. The molecule has 31 heavy (non-hydrogen) atoms. The molecule has 0 bridgehead atoms. The molecule has 1 saturated carbocycles. The lowest BCUT2D eigenvalue weighted by Gasteiger charge is -2.29. The third kappa shape index (κ3) is 5.29.